The van der Waals surface area contributed by atoms with Crippen molar-refractivity contribution in [1.29, 1.82) is 0 Å². The zero-order valence-electron chi connectivity index (χ0n) is 13.8. The summed E-state index contributed by atoms with van der Waals surface area (Å²) >= 11 is 7.42. The molecule has 8 heteroatoms. The van der Waals surface area contributed by atoms with Crippen LogP contribution < -0.4 is 0 Å². The third-order valence-corrected chi connectivity index (χ3v) is 7.30. The van der Waals surface area contributed by atoms with E-state index in [-0.39, 0.29) is 17.6 Å². The summed E-state index contributed by atoms with van der Waals surface area (Å²) in [5, 5.41) is 0. The van der Waals surface area contributed by atoms with Gasteiger partial charge in [0.2, 0.25) is 15.9 Å². The Hall–Kier alpha value is -0.890. The van der Waals surface area contributed by atoms with Crippen LogP contribution in [-0.2, 0) is 21.4 Å². The Labute approximate surface area is 153 Å². The van der Waals surface area contributed by atoms with Crippen LogP contribution in [-0.4, -0.2) is 48.9 Å². The third kappa shape index (κ3) is 4.81. The fourth-order valence-corrected chi connectivity index (χ4v) is 5.07. The van der Waals surface area contributed by atoms with Crippen molar-refractivity contribution >= 4 is 38.9 Å². The standard InChI is InChI=1S/C16H23ClN2O3S2/c1-3-9-18(12-14-5-6-15(17)23-14)16(20)13-7-10-19(11-8-13)24(21,22)4-2/h3,5-6,13H,1,4,7-12H2,2H3. The highest BCUT2D eigenvalue weighted by Gasteiger charge is 2.32. The molecule has 24 heavy (non-hydrogen) atoms. The van der Waals surface area contributed by atoms with Gasteiger partial charge >= 0.3 is 0 Å². The number of carbonyl (C=O) groups excluding carboxylic acids is 1. The van der Waals surface area contributed by atoms with Crippen molar-refractivity contribution < 1.29 is 13.2 Å². The molecule has 1 aliphatic rings. The molecule has 1 amide bonds. The number of nitrogens with zero attached hydrogens (tertiary/aromatic N) is 2. The van der Waals surface area contributed by atoms with Gasteiger partial charge in [0.15, 0.2) is 0 Å². The maximum Gasteiger partial charge on any atom is 0.226 e. The lowest BCUT2D eigenvalue weighted by Gasteiger charge is -2.33. The normalized spacial score (nSPS) is 16.9. The summed E-state index contributed by atoms with van der Waals surface area (Å²) in [4.78, 5) is 15.6. The van der Waals surface area contributed by atoms with E-state index in [1.54, 1.807) is 17.9 Å². The summed E-state index contributed by atoms with van der Waals surface area (Å²) in [5.74, 6) is 0.0320. The van der Waals surface area contributed by atoms with E-state index in [1.807, 2.05) is 12.1 Å². The van der Waals surface area contributed by atoms with Crippen molar-refractivity contribution in [3.8, 4) is 0 Å². The molecule has 0 aromatic carbocycles. The van der Waals surface area contributed by atoms with Gasteiger partial charge in [0, 0.05) is 30.4 Å². The molecule has 0 radical (unpaired) electrons. The molecule has 0 bridgehead atoms. The van der Waals surface area contributed by atoms with Crippen molar-refractivity contribution in [2.75, 3.05) is 25.4 Å². The van der Waals surface area contributed by atoms with Crippen LogP contribution in [0.15, 0.2) is 24.8 Å². The molecule has 0 unspecified atom stereocenters. The summed E-state index contributed by atoms with van der Waals surface area (Å²) in [5.41, 5.74) is 0. The molecule has 0 atom stereocenters. The number of thiophene rings is 1. The highest BCUT2D eigenvalue weighted by Crippen LogP contribution is 2.26. The van der Waals surface area contributed by atoms with Crippen LogP contribution >= 0.6 is 22.9 Å². The first-order chi connectivity index (χ1) is 11.4. The Morgan fingerprint density at radius 3 is 2.62 bits per heavy atom. The lowest BCUT2D eigenvalue weighted by atomic mass is 9.96. The van der Waals surface area contributed by atoms with Gasteiger partial charge in [0.1, 0.15) is 0 Å². The van der Waals surface area contributed by atoms with Crippen LogP contribution in [0.1, 0.15) is 24.6 Å². The summed E-state index contributed by atoms with van der Waals surface area (Å²) in [6, 6.07) is 3.75. The second kappa shape index (κ2) is 8.47. The van der Waals surface area contributed by atoms with Gasteiger partial charge in [-0.05, 0) is 31.9 Å². The number of rotatable bonds is 7. The molecule has 2 heterocycles. The molecule has 1 aliphatic heterocycles. The summed E-state index contributed by atoms with van der Waals surface area (Å²) in [6.45, 7) is 7.19. The lowest BCUT2D eigenvalue weighted by molar-refractivity contribution is -0.136. The van der Waals surface area contributed by atoms with E-state index in [2.05, 4.69) is 6.58 Å². The lowest BCUT2D eigenvalue weighted by Crippen LogP contribution is -2.44. The van der Waals surface area contributed by atoms with Crippen LogP contribution in [0.2, 0.25) is 4.34 Å². The number of sulfonamides is 1. The molecule has 0 spiro atoms. The van der Waals surface area contributed by atoms with Crippen LogP contribution in [0, 0.1) is 5.92 Å². The summed E-state index contributed by atoms with van der Waals surface area (Å²) < 4.78 is 26.0. The number of hydrogen-bond acceptors (Lipinski definition) is 4. The number of hydrogen-bond donors (Lipinski definition) is 0. The smallest absolute Gasteiger partial charge is 0.226 e. The maximum absolute atomic E-state index is 12.8. The first-order valence-corrected chi connectivity index (χ1v) is 10.8. The maximum atomic E-state index is 12.8. The van der Waals surface area contributed by atoms with E-state index in [0.29, 0.717) is 43.4 Å². The monoisotopic (exact) mass is 390 g/mol. The minimum Gasteiger partial charge on any atom is -0.334 e. The molecule has 1 aromatic heterocycles. The molecule has 0 aliphatic carbocycles. The van der Waals surface area contributed by atoms with Crippen molar-refractivity contribution in [2.24, 2.45) is 5.92 Å². The highest BCUT2D eigenvalue weighted by molar-refractivity contribution is 7.89. The molecular formula is C16H23ClN2O3S2. The third-order valence-electron chi connectivity index (χ3n) is 4.20. The first kappa shape index (κ1) is 19.4. The van der Waals surface area contributed by atoms with Crippen LogP contribution in [0.25, 0.3) is 0 Å². The number of carbonyl (C=O) groups is 1. The van der Waals surface area contributed by atoms with Gasteiger partial charge in [0.25, 0.3) is 0 Å². The van der Waals surface area contributed by atoms with Gasteiger partial charge in [-0.3, -0.25) is 4.79 Å². The average molecular weight is 391 g/mol. The quantitative estimate of drug-likeness (QED) is 0.672. The van der Waals surface area contributed by atoms with E-state index in [9.17, 15) is 13.2 Å². The minimum atomic E-state index is -3.17. The minimum absolute atomic E-state index is 0.0629. The fourth-order valence-electron chi connectivity index (χ4n) is 2.83. The zero-order valence-corrected chi connectivity index (χ0v) is 16.2. The second-order valence-electron chi connectivity index (χ2n) is 5.79. The molecule has 1 fully saturated rings. The molecule has 134 valence electrons. The van der Waals surface area contributed by atoms with Gasteiger partial charge < -0.3 is 4.90 Å². The van der Waals surface area contributed by atoms with Crippen molar-refractivity contribution in [3.63, 3.8) is 0 Å². The first-order valence-electron chi connectivity index (χ1n) is 7.99. The highest BCUT2D eigenvalue weighted by atomic mass is 35.5. The fraction of sp³-hybridized carbons (Fsp3) is 0.562. The second-order valence-corrected chi connectivity index (χ2v) is 9.84. The molecule has 2 rings (SSSR count). The van der Waals surface area contributed by atoms with Crippen molar-refractivity contribution in [3.05, 3.63) is 34.0 Å². The molecule has 1 saturated heterocycles. The Morgan fingerprint density at radius 2 is 2.12 bits per heavy atom. The Kier molecular flexibility index (Phi) is 6.86. The Morgan fingerprint density at radius 1 is 1.46 bits per heavy atom. The topological polar surface area (TPSA) is 57.7 Å². The van der Waals surface area contributed by atoms with E-state index in [1.165, 1.54) is 15.6 Å². The van der Waals surface area contributed by atoms with Gasteiger partial charge in [-0.2, -0.15) is 0 Å². The molecule has 0 N–H and O–H groups in total. The van der Waals surface area contributed by atoms with Crippen LogP contribution in [0.3, 0.4) is 0 Å². The summed E-state index contributed by atoms with van der Waals surface area (Å²) in [6.07, 6.45) is 2.84. The summed E-state index contributed by atoms with van der Waals surface area (Å²) in [7, 11) is -3.17. The Bertz CT molecular complexity index is 679. The van der Waals surface area contributed by atoms with Gasteiger partial charge in [0.05, 0.1) is 16.6 Å². The SMILES string of the molecule is C=CCN(Cc1ccc(Cl)s1)C(=O)C1CCN(S(=O)(=O)CC)CC1. The Balaban J connectivity index is 1.99. The van der Waals surface area contributed by atoms with E-state index in [4.69, 9.17) is 11.6 Å². The molecular weight excluding hydrogens is 368 g/mol. The number of halogens is 1. The largest absolute Gasteiger partial charge is 0.334 e. The zero-order chi connectivity index (χ0) is 17.7. The average Bonchev–Trinajstić information content (AvgIpc) is 2.99. The molecule has 5 nitrogen and oxygen atoms in total. The number of amides is 1. The van der Waals surface area contributed by atoms with Crippen molar-refractivity contribution in [1.82, 2.24) is 9.21 Å². The van der Waals surface area contributed by atoms with Gasteiger partial charge in [-0.1, -0.05) is 17.7 Å². The predicted octanol–water partition coefficient (Wildman–Crippen LogP) is 2.98. The van der Waals surface area contributed by atoms with E-state index >= 15 is 0 Å². The van der Waals surface area contributed by atoms with E-state index in [0.717, 1.165) is 4.88 Å². The van der Waals surface area contributed by atoms with Crippen LogP contribution in [0.4, 0.5) is 0 Å². The predicted molar refractivity (Wildman–Crippen MR) is 98.7 cm³/mol. The molecule has 0 saturated carbocycles. The van der Waals surface area contributed by atoms with Gasteiger partial charge in [-0.15, -0.1) is 17.9 Å². The van der Waals surface area contributed by atoms with Crippen LogP contribution in [0.5, 0.6) is 0 Å². The van der Waals surface area contributed by atoms with Crippen molar-refractivity contribution in [2.45, 2.75) is 26.3 Å². The number of piperidine rings is 1. The van der Waals surface area contributed by atoms with Gasteiger partial charge in [-0.25, -0.2) is 12.7 Å². The molecule has 1 aromatic rings. The van der Waals surface area contributed by atoms with E-state index < -0.39 is 10.0 Å².